The number of nitrogens with zero attached hydrogens (tertiary/aromatic N) is 2. The van der Waals surface area contributed by atoms with Crippen LogP contribution < -0.4 is 0 Å². The van der Waals surface area contributed by atoms with E-state index in [2.05, 4.69) is 101 Å². The van der Waals surface area contributed by atoms with Crippen LogP contribution in [0.15, 0.2) is 79.2 Å². The molecule has 1 heterocycles. The number of rotatable bonds is 4. The number of allylic oxidation sites excluding steroid dienone is 3. The molecule has 0 saturated heterocycles. The highest BCUT2D eigenvalue weighted by Gasteiger charge is 2.32. The molecule has 2 nitrogen and oxygen atoms in total. The first-order chi connectivity index (χ1) is 15.8. The standard InChI is InChI=1S/C29H29N2P/c1-2-21-12-13-22-9-6-7-10-25(22)27(21)20-30-18-19-31(32-30)28-17-16-24-15-14-23-8-4-3-5-11-26(23)29(24)28/h3-7,9-15,18-19,28,32H,2,8,16-17,20H2,1H3. The summed E-state index contributed by atoms with van der Waals surface area (Å²) >= 11 is 0. The first-order valence-corrected chi connectivity index (χ1v) is 12.7. The normalized spacial score (nSPS) is 19.7. The van der Waals surface area contributed by atoms with Gasteiger partial charge in [-0.1, -0.05) is 79.8 Å². The SMILES string of the molecule is CCc1ccc2ccccc2c1CN1C=CN(C2CCc3ccc4c(c32)C=CC=CC4)P1. The van der Waals surface area contributed by atoms with Crippen molar-refractivity contribution in [3.63, 3.8) is 0 Å². The van der Waals surface area contributed by atoms with Gasteiger partial charge in [-0.15, -0.1) is 0 Å². The smallest absolute Gasteiger partial charge is 0.0798 e. The molecule has 0 amide bonds. The van der Waals surface area contributed by atoms with Crippen LogP contribution in [0.5, 0.6) is 0 Å². The van der Waals surface area contributed by atoms with Crippen LogP contribution in [0.3, 0.4) is 0 Å². The van der Waals surface area contributed by atoms with Gasteiger partial charge in [-0.25, -0.2) is 0 Å². The lowest BCUT2D eigenvalue weighted by Crippen LogP contribution is -2.15. The summed E-state index contributed by atoms with van der Waals surface area (Å²) in [6, 6.07) is 18.6. The Kier molecular flexibility index (Phi) is 5.12. The molecule has 3 heteroatoms. The first kappa shape index (κ1) is 19.8. The maximum atomic E-state index is 2.59. The van der Waals surface area contributed by atoms with Crippen molar-refractivity contribution >= 4 is 25.7 Å². The fourth-order valence-corrected chi connectivity index (χ4v) is 6.74. The number of fused-ring (bicyclic) bond motifs is 4. The quantitative estimate of drug-likeness (QED) is 0.396. The minimum Gasteiger partial charge on any atom is -0.337 e. The van der Waals surface area contributed by atoms with Crippen molar-refractivity contribution in [2.24, 2.45) is 0 Å². The molecule has 3 aliphatic rings. The monoisotopic (exact) mass is 436 g/mol. The van der Waals surface area contributed by atoms with Gasteiger partial charge >= 0.3 is 0 Å². The molecule has 6 rings (SSSR count). The zero-order valence-electron chi connectivity index (χ0n) is 18.6. The number of hydrogen-bond donors (Lipinski definition) is 0. The van der Waals surface area contributed by atoms with Gasteiger partial charge in [-0.05, 0) is 69.8 Å². The van der Waals surface area contributed by atoms with Crippen molar-refractivity contribution in [2.75, 3.05) is 0 Å². The molecule has 0 N–H and O–H groups in total. The van der Waals surface area contributed by atoms with Gasteiger partial charge in [0.2, 0.25) is 0 Å². The average molecular weight is 437 g/mol. The summed E-state index contributed by atoms with van der Waals surface area (Å²) in [7, 11) is 0.659. The molecule has 160 valence electrons. The third kappa shape index (κ3) is 3.38. The lowest BCUT2D eigenvalue weighted by atomic mass is 9.94. The average Bonchev–Trinajstić information content (AvgIpc) is 3.40. The van der Waals surface area contributed by atoms with Crippen molar-refractivity contribution in [3.8, 4) is 0 Å². The van der Waals surface area contributed by atoms with Crippen LogP contribution in [0.1, 0.15) is 52.8 Å². The Morgan fingerprint density at radius 1 is 0.969 bits per heavy atom. The fourth-order valence-electron chi connectivity index (χ4n) is 5.55. The van der Waals surface area contributed by atoms with Gasteiger partial charge in [-0.2, -0.15) is 0 Å². The first-order valence-electron chi connectivity index (χ1n) is 11.8. The maximum absolute atomic E-state index is 2.59. The third-order valence-electron chi connectivity index (χ3n) is 7.17. The van der Waals surface area contributed by atoms with Crippen LogP contribution in [-0.4, -0.2) is 9.34 Å². The summed E-state index contributed by atoms with van der Waals surface area (Å²) in [5.74, 6) is 0. The van der Waals surface area contributed by atoms with Crippen molar-refractivity contribution in [3.05, 3.63) is 113 Å². The summed E-state index contributed by atoms with van der Waals surface area (Å²) < 4.78 is 5.10. The Labute approximate surface area is 192 Å². The molecule has 0 aromatic heterocycles. The van der Waals surface area contributed by atoms with Crippen LogP contribution in [0.4, 0.5) is 0 Å². The summed E-state index contributed by atoms with van der Waals surface area (Å²) in [5, 5.41) is 2.74. The Morgan fingerprint density at radius 2 is 1.88 bits per heavy atom. The largest absolute Gasteiger partial charge is 0.337 e. The van der Waals surface area contributed by atoms with E-state index in [1.54, 1.807) is 11.1 Å². The van der Waals surface area contributed by atoms with Crippen molar-refractivity contribution in [1.82, 2.24) is 9.34 Å². The van der Waals surface area contributed by atoms with E-state index in [0.717, 1.165) is 19.4 Å². The van der Waals surface area contributed by atoms with E-state index in [-0.39, 0.29) is 0 Å². The Hall–Kier alpha value is -2.83. The summed E-state index contributed by atoms with van der Waals surface area (Å²) in [4.78, 5) is 0. The van der Waals surface area contributed by atoms with E-state index in [1.807, 2.05) is 0 Å². The van der Waals surface area contributed by atoms with Crippen LogP contribution >= 0.6 is 8.88 Å². The lowest BCUT2D eigenvalue weighted by Gasteiger charge is -2.29. The zero-order chi connectivity index (χ0) is 21.5. The fraction of sp³-hybridized carbons (Fsp3) is 0.241. The highest BCUT2D eigenvalue weighted by molar-refractivity contribution is 7.33. The van der Waals surface area contributed by atoms with Crippen LogP contribution in [0, 0.1) is 0 Å². The third-order valence-corrected chi connectivity index (χ3v) is 8.43. The van der Waals surface area contributed by atoms with Gasteiger partial charge in [0.15, 0.2) is 0 Å². The number of hydrogen-bond acceptors (Lipinski definition) is 2. The molecule has 32 heavy (non-hydrogen) atoms. The van der Waals surface area contributed by atoms with Gasteiger partial charge in [0.25, 0.3) is 0 Å². The van der Waals surface area contributed by atoms with E-state index >= 15 is 0 Å². The highest BCUT2D eigenvalue weighted by atomic mass is 31.1. The molecule has 3 aromatic carbocycles. The lowest BCUT2D eigenvalue weighted by molar-refractivity contribution is 0.446. The van der Waals surface area contributed by atoms with E-state index in [9.17, 15) is 0 Å². The number of aryl methyl sites for hydroxylation is 2. The molecule has 0 spiro atoms. The molecule has 0 fully saturated rings. The predicted molar refractivity (Wildman–Crippen MR) is 138 cm³/mol. The summed E-state index contributed by atoms with van der Waals surface area (Å²) in [5.41, 5.74) is 9.00. The molecule has 2 unspecified atom stereocenters. The van der Waals surface area contributed by atoms with Gasteiger partial charge in [-0.3, -0.25) is 0 Å². The van der Waals surface area contributed by atoms with Gasteiger partial charge in [0, 0.05) is 18.9 Å². The van der Waals surface area contributed by atoms with E-state index < -0.39 is 0 Å². The Morgan fingerprint density at radius 3 is 2.81 bits per heavy atom. The summed E-state index contributed by atoms with van der Waals surface area (Å²) in [6.45, 7) is 3.25. The van der Waals surface area contributed by atoms with Crippen LogP contribution in [0.25, 0.3) is 16.8 Å². The Bertz CT molecular complexity index is 1270. The van der Waals surface area contributed by atoms with Gasteiger partial charge in [0.05, 0.1) is 14.9 Å². The van der Waals surface area contributed by atoms with E-state index in [1.165, 1.54) is 45.9 Å². The molecular formula is C29H29N2P. The van der Waals surface area contributed by atoms with E-state index in [0.29, 0.717) is 14.9 Å². The van der Waals surface area contributed by atoms with Crippen molar-refractivity contribution in [1.29, 1.82) is 0 Å². The molecule has 0 saturated carbocycles. The zero-order valence-corrected chi connectivity index (χ0v) is 19.6. The molecule has 3 aromatic rings. The number of benzene rings is 3. The molecule has 2 atom stereocenters. The van der Waals surface area contributed by atoms with E-state index in [4.69, 9.17) is 0 Å². The molecule has 0 bridgehead atoms. The second kappa shape index (κ2) is 8.26. The maximum Gasteiger partial charge on any atom is 0.0798 e. The predicted octanol–water partition coefficient (Wildman–Crippen LogP) is 7.31. The minimum absolute atomic E-state index is 0.487. The van der Waals surface area contributed by atoms with Crippen molar-refractivity contribution in [2.45, 2.75) is 45.2 Å². The van der Waals surface area contributed by atoms with Gasteiger partial charge in [0.1, 0.15) is 0 Å². The second-order valence-corrected chi connectivity index (χ2v) is 10.3. The van der Waals surface area contributed by atoms with Crippen LogP contribution in [0.2, 0.25) is 0 Å². The topological polar surface area (TPSA) is 6.48 Å². The highest BCUT2D eigenvalue weighted by Crippen LogP contribution is 2.48. The van der Waals surface area contributed by atoms with Crippen molar-refractivity contribution < 1.29 is 0 Å². The molecule has 2 aliphatic carbocycles. The molecule has 1 aliphatic heterocycles. The molecular weight excluding hydrogens is 407 g/mol. The summed E-state index contributed by atoms with van der Waals surface area (Å²) in [6.07, 6.45) is 18.2. The molecule has 0 radical (unpaired) electrons. The Balaban J connectivity index is 1.27. The van der Waals surface area contributed by atoms with Crippen LogP contribution in [-0.2, 0) is 25.8 Å². The minimum atomic E-state index is 0.487. The van der Waals surface area contributed by atoms with Gasteiger partial charge < -0.3 is 9.34 Å². The second-order valence-electron chi connectivity index (χ2n) is 8.97.